The fourth-order valence-electron chi connectivity index (χ4n) is 2.88. The van der Waals surface area contributed by atoms with Crippen molar-refractivity contribution in [1.82, 2.24) is 0 Å². The van der Waals surface area contributed by atoms with Crippen LogP contribution in [0.2, 0.25) is 0 Å². The number of rotatable bonds is 3. The van der Waals surface area contributed by atoms with Gasteiger partial charge in [0, 0.05) is 27.9 Å². The molecule has 1 saturated heterocycles. The molecule has 0 aromatic heterocycles. The molecule has 0 saturated carbocycles. The van der Waals surface area contributed by atoms with E-state index in [4.69, 9.17) is 0 Å². The normalized spacial score (nSPS) is 14.6. The van der Waals surface area contributed by atoms with Gasteiger partial charge in [0.15, 0.2) is 0 Å². The van der Waals surface area contributed by atoms with E-state index < -0.39 is 0 Å². The minimum atomic E-state index is -0.139. The van der Waals surface area contributed by atoms with Gasteiger partial charge in [0.2, 0.25) is 5.91 Å². The number of carbonyl (C=O) groups excluding carboxylic acids is 2. The summed E-state index contributed by atoms with van der Waals surface area (Å²) in [5.41, 5.74) is 3.28. The largest absolute Gasteiger partial charge is 0.322 e. The number of amides is 2. The van der Waals surface area contributed by atoms with Gasteiger partial charge in [-0.05, 0) is 72.2 Å². The van der Waals surface area contributed by atoms with E-state index in [1.165, 1.54) is 0 Å². The average Bonchev–Trinajstić information content (AvgIpc) is 2.57. The lowest BCUT2D eigenvalue weighted by Gasteiger charge is -2.28. The molecule has 4 nitrogen and oxygen atoms in total. The molecular formula is C19H19IN2O2. The fourth-order valence-corrected chi connectivity index (χ4v) is 3.51. The molecule has 0 radical (unpaired) electrons. The molecule has 0 unspecified atom stereocenters. The summed E-state index contributed by atoms with van der Waals surface area (Å²) in [6.07, 6.45) is 2.57. The summed E-state index contributed by atoms with van der Waals surface area (Å²) in [6.45, 7) is 2.73. The van der Waals surface area contributed by atoms with Crippen LogP contribution in [0.3, 0.4) is 0 Å². The van der Waals surface area contributed by atoms with Crippen molar-refractivity contribution >= 4 is 45.8 Å². The second-order valence-corrected chi connectivity index (χ2v) is 7.10. The molecule has 0 bridgehead atoms. The molecule has 2 aromatic rings. The first-order chi connectivity index (χ1) is 11.6. The maximum atomic E-state index is 12.5. The van der Waals surface area contributed by atoms with E-state index in [1.807, 2.05) is 48.2 Å². The van der Waals surface area contributed by atoms with E-state index in [-0.39, 0.29) is 11.8 Å². The van der Waals surface area contributed by atoms with Gasteiger partial charge in [-0.3, -0.25) is 9.59 Å². The van der Waals surface area contributed by atoms with Crippen LogP contribution in [0.5, 0.6) is 0 Å². The smallest absolute Gasteiger partial charge is 0.256 e. The number of benzene rings is 2. The topological polar surface area (TPSA) is 49.4 Å². The first kappa shape index (κ1) is 17.0. The van der Waals surface area contributed by atoms with Gasteiger partial charge >= 0.3 is 0 Å². The molecule has 2 aromatic carbocycles. The Bertz CT molecular complexity index is 789. The van der Waals surface area contributed by atoms with Gasteiger partial charge < -0.3 is 10.2 Å². The zero-order valence-electron chi connectivity index (χ0n) is 13.5. The Morgan fingerprint density at radius 2 is 1.96 bits per heavy atom. The number of aryl methyl sites for hydroxylation is 1. The van der Waals surface area contributed by atoms with Crippen molar-refractivity contribution in [2.45, 2.75) is 26.2 Å². The van der Waals surface area contributed by atoms with Crippen LogP contribution in [0.15, 0.2) is 42.5 Å². The molecule has 24 heavy (non-hydrogen) atoms. The molecule has 0 atom stereocenters. The Labute approximate surface area is 155 Å². The van der Waals surface area contributed by atoms with Crippen LogP contribution in [0.4, 0.5) is 11.4 Å². The van der Waals surface area contributed by atoms with E-state index in [9.17, 15) is 9.59 Å². The Balaban J connectivity index is 1.85. The van der Waals surface area contributed by atoms with Crippen molar-refractivity contribution in [3.63, 3.8) is 0 Å². The lowest BCUT2D eigenvalue weighted by Crippen LogP contribution is -2.35. The minimum Gasteiger partial charge on any atom is -0.322 e. The number of anilines is 2. The second-order valence-electron chi connectivity index (χ2n) is 5.94. The molecule has 0 spiro atoms. The number of halogens is 1. The highest BCUT2D eigenvalue weighted by Crippen LogP contribution is 2.28. The molecule has 5 heteroatoms. The molecule has 124 valence electrons. The highest BCUT2D eigenvalue weighted by Gasteiger charge is 2.21. The Morgan fingerprint density at radius 1 is 1.17 bits per heavy atom. The van der Waals surface area contributed by atoms with Crippen LogP contribution in [-0.4, -0.2) is 18.4 Å². The number of nitrogens with one attached hydrogen (secondary N) is 1. The van der Waals surface area contributed by atoms with E-state index in [2.05, 4.69) is 27.9 Å². The van der Waals surface area contributed by atoms with Crippen molar-refractivity contribution in [2.75, 3.05) is 16.8 Å². The van der Waals surface area contributed by atoms with Gasteiger partial charge in [-0.15, -0.1) is 0 Å². The average molecular weight is 434 g/mol. The fraction of sp³-hybridized carbons (Fsp3) is 0.263. The van der Waals surface area contributed by atoms with Crippen LogP contribution in [-0.2, 0) is 4.79 Å². The summed E-state index contributed by atoms with van der Waals surface area (Å²) in [6, 6.07) is 13.2. The highest BCUT2D eigenvalue weighted by atomic mass is 127. The minimum absolute atomic E-state index is 0.139. The van der Waals surface area contributed by atoms with Crippen molar-refractivity contribution < 1.29 is 9.59 Å². The zero-order valence-corrected chi connectivity index (χ0v) is 15.7. The molecular weight excluding hydrogens is 415 g/mol. The van der Waals surface area contributed by atoms with Gasteiger partial charge in [-0.1, -0.05) is 18.2 Å². The summed E-state index contributed by atoms with van der Waals surface area (Å²) in [5, 5.41) is 2.94. The molecule has 0 aliphatic carbocycles. The molecule has 1 aliphatic heterocycles. The Morgan fingerprint density at radius 3 is 2.71 bits per heavy atom. The third kappa shape index (κ3) is 3.61. The quantitative estimate of drug-likeness (QED) is 0.730. The lowest BCUT2D eigenvalue weighted by atomic mass is 10.1. The molecule has 1 heterocycles. The SMILES string of the molecule is Cc1ccc(NC(=O)c2ccccc2I)cc1N1CCCCC1=O. The van der Waals surface area contributed by atoms with Crippen LogP contribution >= 0.6 is 22.6 Å². The molecule has 3 rings (SSSR count). The predicted octanol–water partition coefficient (Wildman–Crippen LogP) is 4.37. The monoisotopic (exact) mass is 434 g/mol. The van der Waals surface area contributed by atoms with Crippen molar-refractivity contribution in [3.05, 3.63) is 57.2 Å². The van der Waals surface area contributed by atoms with Gasteiger partial charge in [-0.25, -0.2) is 0 Å². The number of hydrogen-bond acceptors (Lipinski definition) is 2. The summed E-state index contributed by atoms with van der Waals surface area (Å²) >= 11 is 2.15. The first-order valence-corrected chi connectivity index (χ1v) is 9.11. The second kappa shape index (κ2) is 7.34. The number of piperidine rings is 1. The molecule has 1 fully saturated rings. The predicted molar refractivity (Wildman–Crippen MR) is 104 cm³/mol. The lowest BCUT2D eigenvalue weighted by molar-refractivity contribution is -0.119. The first-order valence-electron chi connectivity index (χ1n) is 8.03. The summed E-state index contributed by atoms with van der Waals surface area (Å²) < 4.78 is 0.908. The third-order valence-corrected chi connectivity index (χ3v) is 5.14. The van der Waals surface area contributed by atoms with E-state index in [1.54, 1.807) is 6.07 Å². The Hall–Kier alpha value is -1.89. The third-order valence-electron chi connectivity index (χ3n) is 4.20. The highest BCUT2D eigenvalue weighted by molar-refractivity contribution is 14.1. The van der Waals surface area contributed by atoms with E-state index >= 15 is 0 Å². The standard InChI is InChI=1S/C19H19IN2O2/c1-13-9-10-14(12-17(13)22-11-5-4-8-18(22)23)21-19(24)15-6-2-3-7-16(15)20/h2-3,6-7,9-10,12H,4-5,8,11H2,1H3,(H,21,24). The van der Waals surface area contributed by atoms with Gasteiger partial charge in [0.25, 0.3) is 5.91 Å². The summed E-state index contributed by atoms with van der Waals surface area (Å²) in [7, 11) is 0. The van der Waals surface area contributed by atoms with Gasteiger partial charge in [0.1, 0.15) is 0 Å². The maximum absolute atomic E-state index is 12.5. The molecule has 1 aliphatic rings. The van der Waals surface area contributed by atoms with Gasteiger partial charge in [-0.2, -0.15) is 0 Å². The number of nitrogens with zero attached hydrogens (tertiary/aromatic N) is 1. The Kier molecular flexibility index (Phi) is 5.18. The molecule has 2 amide bonds. The zero-order chi connectivity index (χ0) is 17.1. The van der Waals surface area contributed by atoms with Crippen molar-refractivity contribution in [3.8, 4) is 0 Å². The van der Waals surface area contributed by atoms with Crippen LogP contribution in [0, 0.1) is 10.5 Å². The van der Waals surface area contributed by atoms with E-state index in [0.29, 0.717) is 17.7 Å². The van der Waals surface area contributed by atoms with Crippen LogP contribution in [0.1, 0.15) is 35.2 Å². The maximum Gasteiger partial charge on any atom is 0.256 e. The molecule has 1 N–H and O–H groups in total. The summed E-state index contributed by atoms with van der Waals surface area (Å²) in [5.74, 6) is 0.0187. The van der Waals surface area contributed by atoms with Crippen molar-refractivity contribution in [2.24, 2.45) is 0 Å². The van der Waals surface area contributed by atoms with E-state index in [0.717, 1.165) is 34.2 Å². The van der Waals surface area contributed by atoms with Crippen LogP contribution < -0.4 is 10.2 Å². The van der Waals surface area contributed by atoms with Crippen LogP contribution in [0.25, 0.3) is 0 Å². The summed E-state index contributed by atoms with van der Waals surface area (Å²) in [4.78, 5) is 26.5. The number of hydrogen-bond donors (Lipinski definition) is 1. The number of carbonyl (C=O) groups is 2. The van der Waals surface area contributed by atoms with Gasteiger partial charge in [0.05, 0.1) is 5.56 Å². The van der Waals surface area contributed by atoms with Crippen molar-refractivity contribution in [1.29, 1.82) is 0 Å².